The van der Waals surface area contributed by atoms with Gasteiger partial charge in [-0.25, -0.2) is 8.42 Å². The van der Waals surface area contributed by atoms with Gasteiger partial charge in [0.05, 0.1) is 32.6 Å². The number of hydrogen-bond donors (Lipinski definition) is 0. The Kier molecular flexibility index (Phi) is 6.44. The number of benzene rings is 1. The van der Waals surface area contributed by atoms with Crippen molar-refractivity contribution in [2.24, 2.45) is 0 Å². The minimum absolute atomic E-state index is 0.00938. The van der Waals surface area contributed by atoms with Crippen LogP contribution in [0.4, 0.5) is 0 Å². The normalized spacial score (nSPS) is 15.5. The molecule has 0 saturated carbocycles. The van der Waals surface area contributed by atoms with E-state index < -0.39 is 10.0 Å². The van der Waals surface area contributed by atoms with Crippen LogP contribution in [0.2, 0.25) is 0 Å². The Morgan fingerprint density at radius 3 is 2.52 bits per heavy atom. The zero-order valence-electron chi connectivity index (χ0n) is 14.9. The number of furan rings is 1. The largest absolute Gasteiger partial charge is 0.468 e. The second-order valence-electron chi connectivity index (χ2n) is 6.10. The quantitative estimate of drug-likeness (QED) is 0.722. The molecule has 1 aromatic heterocycles. The molecule has 1 aliphatic heterocycles. The average molecular weight is 390 g/mol. The lowest BCUT2D eigenvalue weighted by atomic mass is 10.2. The molecule has 0 atom stereocenters. The van der Waals surface area contributed by atoms with E-state index in [9.17, 15) is 13.2 Å². The fourth-order valence-electron chi connectivity index (χ4n) is 2.69. The van der Waals surface area contributed by atoms with Gasteiger partial charge in [0.15, 0.2) is 0 Å². The molecule has 27 heavy (non-hydrogen) atoms. The molecule has 1 fully saturated rings. The third kappa shape index (κ3) is 5.53. The molecular formula is C19H22N2O5S. The van der Waals surface area contributed by atoms with Crippen LogP contribution in [-0.2, 0) is 26.1 Å². The van der Waals surface area contributed by atoms with Crippen LogP contribution >= 0.6 is 0 Å². The summed E-state index contributed by atoms with van der Waals surface area (Å²) in [7, 11) is -3.82. The first kappa shape index (κ1) is 19.3. The van der Waals surface area contributed by atoms with E-state index in [4.69, 9.17) is 9.15 Å². The van der Waals surface area contributed by atoms with E-state index in [1.54, 1.807) is 17.0 Å². The summed E-state index contributed by atoms with van der Waals surface area (Å²) in [6, 6.07) is 12.5. The van der Waals surface area contributed by atoms with Gasteiger partial charge in [-0.15, -0.1) is 0 Å². The van der Waals surface area contributed by atoms with Gasteiger partial charge in [-0.1, -0.05) is 30.3 Å². The van der Waals surface area contributed by atoms with Crippen molar-refractivity contribution in [2.45, 2.75) is 6.54 Å². The van der Waals surface area contributed by atoms with E-state index in [2.05, 4.69) is 0 Å². The van der Waals surface area contributed by atoms with Gasteiger partial charge in [-0.2, -0.15) is 4.31 Å². The second-order valence-corrected chi connectivity index (χ2v) is 7.92. The van der Waals surface area contributed by atoms with Crippen LogP contribution in [0.25, 0.3) is 6.08 Å². The van der Waals surface area contributed by atoms with Crippen LogP contribution in [0.15, 0.2) is 58.6 Å². The molecule has 0 N–H and O–H groups in total. The summed E-state index contributed by atoms with van der Waals surface area (Å²) in [6.45, 7) is 1.60. The first-order chi connectivity index (χ1) is 13.0. The standard InChI is InChI=1S/C19H22N2O5S/c22-19(20-9-12-25-13-10-20)16-21(15-18-7-4-11-26-18)27(23,24)14-8-17-5-2-1-3-6-17/h1-8,11,14H,9-10,12-13,15-16H2. The third-order valence-corrected chi connectivity index (χ3v) is 5.64. The second kappa shape index (κ2) is 8.98. The van der Waals surface area contributed by atoms with Crippen molar-refractivity contribution in [3.8, 4) is 0 Å². The first-order valence-electron chi connectivity index (χ1n) is 8.66. The molecule has 1 saturated heterocycles. The fraction of sp³-hybridized carbons (Fsp3) is 0.316. The highest BCUT2D eigenvalue weighted by molar-refractivity contribution is 7.92. The van der Waals surface area contributed by atoms with Gasteiger partial charge in [-0.3, -0.25) is 4.79 Å². The number of morpholine rings is 1. The lowest BCUT2D eigenvalue weighted by Gasteiger charge is -2.29. The molecular weight excluding hydrogens is 368 g/mol. The minimum Gasteiger partial charge on any atom is -0.468 e. The molecule has 3 rings (SSSR count). The van der Waals surface area contributed by atoms with Crippen molar-refractivity contribution in [3.05, 3.63) is 65.5 Å². The number of carbonyl (C=O) groups is 1. The predicted octanol–water partition coefficient (Wildman–Crippen LogP) is 1.94. The summed E-state index contributed by atoms with van der Waals surface area (Å²) in [5.74, 6) is 0.225. The highest BCUT2D eigenvalue weighted by atomic mass is 32.2. The van der Waals surface area contributed by atoms with Crippen LogP contribution in [0.1, 0.15) is 11.3 Å². The van der Waals surface area contributed by atoms with E-state index >= 15 is 0 Å². The Morgan fingerprint density at radius 2 is 1.85 bits per heavy atom. The molecule has 1 amide bonds. The topological polar surface area (TPSA) is 80.1 Å². The van der Waals surface area contributed by atoms with Crippen molar-refractivity contribution >= 4 is 22.0 Å². The Morgan fingerprint density at radius 1 is 1.11 bits per heavy atom. The van der Waals surface area contributed by atoms with Crippen molar-refractivity contribution in [1.82, 2.24) is 9.21 Å². The number of hydrogen-bond acceptors (Lipinski definition) is 5. The Hall–Kier alpha value is -2.42. The molecule has 2 heterocycles. The Balaban J connectivity index is 1.77. The molecule has 144 valence electrons. The predicted molar refractivity (Wildman–Crippen MR) is 101 cm³/mol. The number of ether oxygens (including phenoxy) is 1. The van der Waals surface area contributed by atoms with E-state index in [0.717, 1.165) is 15.3 Å². The summed E-state index contributed by atoms with van der Waals surface area (Å²) in [5, 5.41) is 1.12. The van der Waals surface area contributed by atoms with Gasteiger partial charge in [-0.05, 0) is 23.8 Å². The van der Waals surface area contributed by atoms with Gasteiger partial charge in [0, 0.05) is 18.5 Å². The maximum Gasteiger partial charge on any atom is 0.238 e. The number of carbonyl (C=O) groups excluding carboxylic acids is 1. The van der Waals surface area contributed by atoms with Gasteiger partial charge in [0.1, 0.15) is 5.76 Å². The maximum absolute atomic E-state index is 12.9. The maximum atomic E-state index is 12.9. The summed E-state index contributed by atoms with van der Waals surface area (Å²) in [6.07, 6.45) is 2.99. The van der Waals surface area contributed by atoms with E-state index in [0.29, 0.717) is 32.1 Å². The van der Waals surface area contributed by atoms with Crippen molar-refractivity contribution < 1.29 is 22.4 Å². The number of nitrogens with zero attached hydrogens (tertiary/aromatic N) is 2. The molecule has 0 bridgehead atoms. The molecule has 2 aromatic rings. The van der Waals surface area contributed by atoms with Crippen LogP contribution < -0.4 is 0 Å². The first-order valence-corrected chi connectivity index (χ1v) is 10.2. The molecule has 7 nitrogen and oxygen atoms in total. The van der Waals surface area contributed by atoms with E-state index in [1.807, 2.05) is 30.3 Å². The summed E-state index contributed by atoms with van der Waals surface area (Å²) in [5.41, 5.74) is 0.763. The average Bonchev–Trinajstić information content (AvgIpc) is 3.20. The third-order valence-electron chi connectivity index (χ3n) is 4.18. The van der Waals surface area contributed by atoms with Crippen LogP contribution in [0.5, 0.6) is 0 Å². The monoisotopic (exact) mass is 390 g/mol. The summed E-state index contributed by atoms with van der Waals surface area (Å²) < 4.78 is 37.3. The summed E-state index contributed by atoms with van der Waals surface area (Å²) in [4.78, 5) is 14.2. The summed E-state index contributed by atoms with van der Waals surface area (Å²) >= 11 is 0. The smallest absolute Gasteiger partial charge is 0.238 e. The highest BCUT2D eigenvalue weighted by Gasteiger charge is 2.27. The molecule has 1 aliphatic rings. The highest BCUT2D eigenvalue weighted by Crippen LogP contribution is 2.14. The zero-order chi connectivity index (χ0) is 19.1. The van der Waals surface area contributed by atoms with Gasteiger partial charge in [0.25, 0.3) is 0 Å². The minimum atomic E-state index is -3.82. The molecule has 8 heteroatoms. The van der Waals surface area contributed by atoms with Gasteiger partial charge < -0.3 is 14.1 Å². The van der Waals surface area contributed by atoms with Crippen molar-refractivity contribution in [1.29, 1.82) is 0 Å². The van der Waals surface area contributed by atoms with Crippen LogP contribution in [0, 0.1) is 0 Å². The van der Waals surface area contributed by atoms with Crippen LogP contribution in [-0.4, -0.2) is 56.4 Å². The zero-order valence-corrected chi connectivity index (χ0v) is 15.7. The molecule has 0 radical (unpaired) electrons. The number of rotatable bonds is 7. The fourth-order valence-corrected chi connectivity index (χ4v) is 3.79. The SMILES string of the molecule is O=C(CN(Cc1ccco1)S(=O)(=O)C=Cc1ccccc1)N1CCOCC1. The Labute approximate surface area is 158 Å². The molecule has 1 aromatic carbocycles. The molecule has 0 aliphatic carbocycles. The number of sulfonamides is 1. The van der Waals surface area contributed by atoms with Gasteiger partial charge >= 0.3 is 0 Å². The molecule has 0 spiro atoms. The van der Waals surface area contributed by atoms with Crippen molar-refractivity contribution in [2.75, 3.05) is 32.8 Å². The molecule has 0 unspecified atom stereocenters. The lowest BCUT2D eigenvalue weighted by molar-refractivity contribution is -0.135. The van der Waals surface area contributed by atoms with Crippen molar-refractivity contribution in [3.63, 3.8) is 0 Å². The Bertz CT molecular complexity index is 857. The van der Waals surface area contributed by atoms with E-state index in [-0.39, 0.29) is 19.0 Å². The van der Waals surface area contributed by atoms with Crippen LogP contribution in [0.3, 0.4) is 0 Å². The van der Waals surface area contributed by atoms with E-state index in [1.165, 1.54) is 12.3 Å². The number of amides is 1. The van der Waals surface area contributed by atoms with Gasteiger partial charge in [0.2, 0.25) is 15.9 Å². The lowest BCUT2D eigenvalue weighted by Crippen LogP contribution is -2.46.